The molecular formula is C12H17BrF3N3. The maximum atomic E-state index is 12.6. The van der Waals surface area contributed by atoms with Crippen LogP contribution in [0.5, 0.6) is 0 Å². The van der Waals surface area contributed by atoms with E-state index in [-0.39, 0.29) is 18.4 Å². The minimum Gasteiger partial charge on any atom is -0.331 e. The summed E-state index contributed by atoms with van der Waals surface area (Å²) in [6.07, 6.45) is -4.27. The Labute approximate surface area is 119 Å². The lowest BCUT2D eigenvalue weighted by molar-refractivity contribution is -0.119. The van der Waals surface area contributed by atoms with E-state index in [1.165, 1.54) is 0 Å². The van der Waals surface area contributed by atoms with Crippen LogP contribution in [0.15, 0.2) is 6.07 Å². The third-order valence-electron chi connectivity index (χ3n) is 2.46. The fourth-order valence-corrected chi connectivity index (χ4v) is 2.01. The van der Waals surface area contributed by atoms with Crippen molar-refractivity contribution in [2.45, 2.75) is 32.9 Å². The summed E-state index contributed by atoms with van der Waals surface area (Å²) in [5, 5.41) is 0.428. The van der Waals surface area contributed by atoms with Crippen LogP contribution in [-0.2, 0) is 0 Å². The van der Waals surface area contributed by atoms with Crippen LogP contribution in [-0.4, -0.2) is 34.6 Å². The summed E-state index contributed by atoms with van der Waals surface area (Å²) in [5.41, 5.74) is 1.43. The number of hydrogen-bond donors (Lipinski definition) is 0. The zero-order valence-electron chi connectivity index (χ0n) is 11.1. The van der Waals surface area contributed by atoms with Crippen LogP contribution in [0, 0.1) is 6.92 Å². The molecule has 0 aromatic carbocycles. The molecule has 1 aromatic heterocycles. The van der Waals surface area contributed by atoms with Gasteiger partial charge in [-0.15, -0.1) is 0 Å². The van der Waals surface area contributed by atoms with Gasteiger partial charge in [-0.05, 0) is 18.9 Å². The molecule has 0 N–H and O–H groups in total. The Hall–Kier alpha value is -0.850. The highest BCUT2D eigenvalue weighted by atomic mass is 79.9. The van der Waals surface area contributed by atoms with Crippen LogP contribution >= 0.6 is 15.9 Å². The molecule has 0 bridgehead atoms. The highest BCUT2D eigenvalue weighted by Gasteiger charge is 2.31. The molecule has 0 radical (unpaired) electrons. The lowest BCUT2D eigenvalue weighted by Crippen LogP contribution is -2.37. The zero-order chi connectivity index (χ0) is 14.6. The quantitative estimate of drug-likeness (QED) is 0.766. The van der Waals surface area contributed by atoms with Gasteiger partial charge in [0, 0.05) is 23.3 Å². The van der Waals surface area contributed by atoms with Crippen molar-refractivity contribution < 1.29 is 13.2 Å². The molecule has 0 aliphatic carbocycles. The molecule has 108 valence electrons. The van der Waals surface area contributed by atoms with Crippen molar-refractivity contribution in [3.05, 3.63) is 17.5 Å². The van der Waals surface area contributed by atoms with Crippen LogP contribution in [0.4, 0.5) is 19.1 Å². The van der Waals surface area contributed by atoms with Crippen molar-refractivity contribution in [1.82, 2.24) is 9.97 Å². The maximum Gasteiger partial charge on any atom is 0.406 e. The SMILES string of the molecule is Cc1cc(C(C)C)nc(N(CCBr)CC(F)(F)F)n1. The lowest BCUT2D eigenvalue weighted by Gasteiger charge is -2.24. The van der Waals surface area contributed by atoms with Gasteiger partial charge in [0.05, 0.1) is 0 Å². The second kappa shape index (κ2) is 6.54. The van der Waals surface area contributed by atoms with Crippen LogP contribution in [0.3, 0.4) is 0 Å². The molecule has 0 atom stereocenters. The van der Waals surface area contributed by atoms with Gasteiger partial charge >= 0.3 is 6.18 Å². The highest BCUT2D eigenvalue weighted by Crippen LogP contribution is 2.22. The standard InChI is InChI=1S/C12H17BrF3N3/c1-8(2)10-6-9(3)17-11(18-10)19(5-4-13)7-12(14,15)16/h6,8H,4-5,7H2,1-3H3. The van der Waals surface area contributed by atoms with Gasteiger partial charge in [-0.2, -0.15) is 13.2 Å². The van der Waals surface area contributed by atoms with Gasteiger partial charge in [-0.25, -0.2) is 9.97 Å². The summed E-state index contributed by atoms with van der Waals surface area (Å²) in [5.74, 6) is 0.289. The summed E-state index contributed by atoms with van der Waals surface area (Å²) in [7, 11) is 0. The molecule has 0 spiro atoms. The van der Waals surface area contributed by atoms with Gasteiger partial charge in [0.15, 0.2) is 0 Å². The Kier molecular flexibility index (Phi) is 5.58. The molecule has 7 heteroatoms. The van der Waals surface area contributed by atoms with Gasteiger partial charge in [0.1, 0.15) is 6.54 Å². The average Bonchev–Trinajstić information content (AvgIpc) is 2.25. The van der Waals surface area contributed by atoms with Gasteiger partial charge in [-0.3, -0.25) is 0 Å². The summed E-state index contributed by atoms with van der Waals surface area (Å²) in [6.45, 7) is 4.82. The van der Waals surface area contributed by atoms with E-state index in [2.05, 4.69) is 25.9 Å². The van der Waals surface area contributed by atoms with Crippen molar-refractivity contribution in [3.63, 3.8) is 0 Å². The first kappa shape index (κ1) is 16.2. The Morgan fingerprint density at radius 1 is 1.32 bits per heavy atom. The molecule has 0 amide bonds. The van der Waals surface area contributed by atoms with Crippen molar-refractivity contribution in [1.29, 1.82) is 0 Å². The fraction of sp³-hybridized carbons (Fsp3) is 0.667. The number of alkyl halides is 4. The van der Waals surface area contributed by atoms with Crippen LogP contribution < -0.4 is 4.90 Å². The molecule has 1 aromatic rings. The van der Waals surface area contributed by atoms with Crippen LogP contribution in [0.1, 0.15) is 31.2 Å². The van der Waals surface area contributed by atoms with E-state index in [0.29, 0.717) is 11.0 Å². The largest absolute Gasteiger partial charge is 0.406 e. The Bertz CT molecular complexity index is 421. The van der Waals surface area contributed by atoms with E-state index in [1.807, 2.05) is 13.8 Å². The minimum atomic E-state index is -4.27. The predicted octanol–water partition coefficient (Wildman–Crippen LogP) is 3.67. The van der Waals surface area contributed by atoms with E-state index in [4.69, 9.17) is 0 Å². The topological polar surface area (TPSA) is 29.0 Å². The average molecular weight is 340 g/mol. The number of hydrogen-bond acceptors (Lipinski definition) is 3. The Balaban J connectivity index is 3.07. The molecule has 0 aliphatic heterocycles. The number of nitrogens with zero attached hydrogens (tertiary/aromatic N) is 3. The first-order chi connectivity index (χ1) is 8.73. The molecule has 19 heavy (non-hydrogen) atoms. The first-order valence-corrected chi connectivity index (χ1v) is 7.08. The normalized spacial score (nSPS) is 12.0. The molecule has 0 unspecified atom stereocenters. The van der Waals surface area contributed by atoms with Gasteiger partial charge in [0.2, 0.25) is 5.95 Å². The van der Waals surface area contributed by atoms with E-state index in [0.717, 1.165) is 10.6 Å². The predicted molar refractivity (Wildman–Crippen MR) is 72.9 cm³/mol. The van der Waals surface area contributed by atoms with E-state index in [1.54, 1.807) is 13.0 Å². The monoisotopic (exact) mass is 339 g/mol. The van der Waals surface area contributed by atoms with E-state index in [9.17, 15) is 13.2 Å². The fourth-order valence-electron chi connectivity index (χ4n) is 1.58. The number of halogens is 4. The molecule has 0 fully saturated rings. The smallest absolute Gasteiger partial charge is 0.331 e. The molecule has 0 saturated heterocycles. The van der Waals surface area contributed by atoms with Gasteiger partial charge in [0.25, 0.3) is 0 Å². The number of aromatic nitrogens is 2. The Morgan fingerprint density at radius 2 is 1.95 bits per heavy atom. The molecular weight excluding hydrogens is 323 g/mol. The van der Waals surface area contributed by atoms with Crippen molar-refractivity contribution in [3.8, 4) is 0 Å². The summed E-state index contributed by atoms with van der Waals surface area (Å²) in [4.78, 5) is 9.49. The molecule has 1 heterocycles. The summed E-state index contributed by atoms with van der Waals surface area (Å²) in [6, 6.07) is 1.80. The number of aryl methyl sites for hydroxylation is 1. The zero-order valence-corrected chi connectivity index (χ0v) is 12.7. The third-order valence-corrected chi connectivity index (χ3v) is 2.82. The lowest BCUT2D eigenvalue weighted by atomic mass is 10.1. The highest BCUT2D eigenvalue weighted by molar-refractivity contribution is 9.09. The van der Waals surface area contributed by atoms with Crippen LogP contribution in [0.2, 0.25) is 0 Å². The van der Waals surface area contributed by atoms with Crippen molar-refractivity contribution >= 4 is 21.9 Å². The van der Waals surface area contributed by atoms with Crippen molar-refractivity contribution in [2.24, 2.45) is 0 Å². The third kappa shape index (κ3) is 5.34. The number of anilines is 1. The number of rotatable bonds is 5. The summed E-state index contributed by atoms with van der Waals surface area (Å²) < 4.78 is 37.7. The second-order valence-corrected chi connectivity index (χ2v) is 5.41. The molecule has 3 nitrogen and oxygen atoms in total. The Morgan fingerprint density at radius 3 is 2.42 bits per heavy atom. The van der Waals surface area contributed by atoms with E-state index >= 15 is 0 Å². The van der Waals surface area contributed by atoms with Crippen molar-refractivity contribution in [2.75, 3.05) is 23.3 Å². The first-order valence-electron chi connectivity index (χ1n) is 5.96. The summed E-state index contributed by atoms with van der Waals surface area (Å²) >= 11 is 3.16. The van der Waals surface area contributed by atoms with Crippen LogP contribution in [0.25, 0.3) is 0 Å². The molecule has 0 saturated carbocycles. The maximum absolute atomic E-state index is 12.6. The van der Waals surface area contributed by atoms with Gasteiger partial charge in [-0.1, -0.05) is 29.8 Å². The molecule has 0 aliphatic rings. The molecule has 1 rings (SSSR count). The minimum absolute atomic E-state index is 0.139. The van der Waals surface area contributed by atoms with Gasteiger partial charge < -0.3 is 4.90 Å². The second-order valence-electron chi connectivity index (χ2n) is 4.61. The van der Waals surface area contributed by atoms with E-state index < -0.39 is 12.7 Å².